The first kappa shape index (κ1) is 12.4. The quantitative estimate of drug-likeness (QED) is 0.843. The number of nitrogens with zero attached hydrogens (tertiary/aromatic N) is 2. The Labute approximate surface area is 111 Å². The van der Waals surface area contributed by atoms with E-state index in [1.54, 1.807) is 0 Å². The van der Waals surface area contributed by atoms with Gasteiger partial charge in [-0.05, 0) is 31.0 Å². The lowest BCUT2D eigenvalue weighted by Gasteiger charge is -2.51. The molecule has 1 aromatic rings. The van der Waals surface area contributed by atoms with Crippen molar-refractivity contribution in [2.24, 2.45) is 5.41 Å². The molecular formula is C14H17BrN2. The molecule has 0 aliphatic carbocycles. The SMILES string of the molecule is CCC1(CC)CN(c2cc(Br)ccc2C#N)C1. The van der Waals surface area contributed by atoms with E-state index in [2.05, 4.69) is 40.7 Å². The van der Waals surface area contributed by atoms with Crippen LogP contribution in [0.5, 0.6) is 0 Å². The molecule has 1 aromatic carbocycles. The van der Waals surface area contributed by atoms with Crippen molar-refractivity contribution in [2.45, 2.75) is 26.7 Å². The largest absolute Gasteiger partial charge is 0.369 e. The molecule has 0 spiro atoms. The Bertz CT molecular complexity index is 450. The molecule has 0 amide bonds. The Morgan fingerprint density at radius 1 is 1.35 bits per heavy atom. The van der Waals surface area contributed by atoms with E-state index >= 15 is 0 Å². The molecule has 0 N–H and O–H groups in total. The van der Waals surface area contributed by atoms with Crippen molar-refractivity contribution in [1.82, 2.24) is 0 Å². The monoisotopic (exact) mass is 292 g/mol. The van der Waals surface area contributed by atoms with Crippen molar-refractivity contribution in [3.63, 3.8) is 0 Å². The zero-order valence-electron chi connectivity index (χ0n) is 10.3. The molecule has 0 radical (unpaired) electrons. The summed E-state index contributed by atoms with van der Waals surface area (Å²) < 4.78 is 1.04. The Kier molecular flexibility index (Phi) is 3.44. The maximum Gasteiger partial charge on any atom is 0.101 e. The summed E-state index contributed by atoms with van der Waals surface area (Å²) in [7, 11) is 0. The van der Waals surface area contributed by atoms with E-state index in [0.717, 1.165) is 28.8 Å². The molecule has 0 aromatic heterocycles. The Morgan fingerprint density at radius 2 is 2.00 bits per heavy atom. The van der Waals surface area contributed by atoms with E-state index < -0.39 is 0 Å². The molecule has 0 saturated carbocycles. The minimum atomic E-state index is 0.467. The van der Waals surface area contributed by atoms with Crippen LogP contribution in [-0.2, 0) is 0 Å². The second-order valence-electron chi connectivity index (χ2n) is 4.84. The summed E-state index contributed by atoms with van der Waals surface area (Å²) in [6.45, 7) is 6.66. The van der Waals surface area contributed by atoms with Crippen LogP contribution >= 0.6 is 15.9 Å². The van der Waals surface area contributed by atoms with Crippen LogP contribution in [0.4, 0.5) is 5.69 Å². The van der Waals surface area contributed by atoms with Gasteiger partial charge in [-0.15, -0.1) is 0 Å². The summed E-state index contributed by atoms with van der Waals surface area (Å²) in [5, 5.41) is 9.13. The summed E-state index contributed by atoms with van der Waals surface area (Å²) in [5.74, 6) is 0. The fourth-order valence-corrected chi connectivity index (χ4v) is 2.84. The number of anilines is 1. The molecule has 0 bridgehead atoms. The van der Waals surface area contributed by atoms with Crippen molar-refractivity contribution < 1.29 is 0 Å². The lowest BCUT2D eigenvalue weighted by molar-refractivity contribution is 0.194. The van der Waals surface area contributed by atoms with E-state index in [0.29, 0.717) is 5.41 Å². The molecule has 1 heterocycles. The summed E-state index contributed by atoms with van der Waals surface area (Å²) >= 11 is 3.47. The molecule has 1 aliphatic heterocycles. The Hall–Kier alpha value is -1.01. The van der Waals surface area contributed by atoms with Crippen LogP contribution in [0, 0.1) is 16.7 Å². The second-order valence-corrected chi connectivity index (χ2v) is 5.75. The molecule has 2 rings (SSSR count). The van der Waals surface area contributed by atoms with E-state index in [1.165, 1.54) is 12.8 Å². The van der Waals surface area contributed by atoms with E-state index in [1.807, 2.05) is 18.2 Å². The van der Waals surface area contributed by atoms with Crippen LogP contribution in [-0.4, -0.2) is 13.1 Å². The van der Waals surface area contributed by atoms with Gasteiger partial charge in [0.25, 0.3) is 0 Å². The van der Waals surface area contributed by atoms with Crippen molar-refractivity contribution in [3.8, 4) is 6.07 Å². The van der Waals surface area contributed by atoms with Gasteiger partial charge >= 0.3 is 0 Å². The topological polar surface area (TPSA) is 27.0 Å². The minimum absolute atomic E-state index is 0.467. The van der Waals surface area contributed by atoms with Crippen molar-refractivity contribution in [1.29, 1.82) is 5.26 Å². The normalized spacial score (nSPS) is 17.4. The molecule has 90 valence electrons. The number of rotatable bonds is 3. The van der Waals surface area contributed by atoms with E-state index in [-0.39, 0.29) is 0 Å². The van der Waals surface area contributed by atoms with Crippen LogP contribution in [0.25, 0.3) is 0 Å². The smallest absolute Gasteiger partial charge is 0.101 e. The highest BCUT2D eigenvalue weighted by Gasteiger charge is 2.40. The molecule has 17 heavy (non-hydrogen) atoms. The molecule has 0 atom stereocenters. The highest BCUT2D eigenvalue weighted by molar-refractivity contribution is 9.10. The van der Waals surface area contributed by atoms with Crippen LogP contribution < -0.4 is 4.90 Å². The average molecular weight is 293 g/mol. The summed E-state index contributed by atoms with van der Waals surface area (Å²) in [6.07, 6.45) is 2.44. The van der Waals surface area contributed by atoms with Crippen LogP contribution in [0.1, 0.15) is 32.3 Å². The van der Waals surface area contributed by atoms with Gasteiger partial charge in [0.2, 0.25) is 0 Å². The summed E-state index contributed by atoms with van der Waals surface area (Å²) in [5.41, 5.74) is 2.31. The first-order chi connectivity index (χ1) is 8.14. The lowest BCUT2D eigenvalue weighted by Crippen LogP contribution is -2.56. The maximum absolute atomic E-state index is 9.13. The summed E-state index contributed by atoms with van der Waals surface area (Å²) in [4.78, 5) is 2.32. The van der Waals surface area contributed by atoms with Gasteiger partial charge in [0.05, 0.1) is 11.3 Å². The standard InChI is InChI=1S/C14H17BrN2/c1-3-14(4-2)9-17(10-14)13-7-12(15)6-5-11(13)8-16/h5-7H,3-4,9-10H2,1-2H3. The number of nitriles is 1. The number of halogens is 1. The molecule has 1 saturated heterocycles. The third-order valence-corrected chi connectivity index (χ3v) is 4.47. The zero-order chi connectivity index (χ0) is 12.5. The van der Waals surface area contributed by atoms with Gasteiger partial charge in [0.15, 0.2) is 0 Å². The van der Waals surface area contributed by atoms with Gasteiger partial charge in [0, 0.05) is 23.0 Å². The maximum atomic E-state index is 9.13. The zero-order valence-corrected chi connectivity index (χ0v) is 11.9. The molecule has 1 aliphatic rings. The fraction of sp³-hybridized carbons (Fsp3) is 0.500. The minimum Gasteiger partial charge on any atom is -0.369 e. The van der Waals surface area contributed by atoms with Gasteiger partial charge in [0.1, 0.15) is 6.07 Å². The molecule has 0 unspecified atom stereocenters. The van der Waals surface area contributed by atoms with Crippen molar-refractivity contribution in [3.05, 3.63) is 28.2 Å². The number of benzene rings is 1. The predicted octanol–water partition coefficient (Wildman–Crippen LogP) is 3.95. The van der Waals surface area contributed by atoms with Gasteiger partial charge in [-0.3, -0.25) is 0 Å². The predicted molar refractivity (Wildman–Crippen MR) is 74.1 cm³/mol. The van der Waals surface area contributed by atoms with Gasteiger partial charge < -0.3 is 4.90 Å². The van der Waals surface area contributed by atoms with Crippen LogP contribution in [0.3, 0.4) is 0 Å². The first-order valence-electron chi connectivity index (χ1n) is 6.09. The third-order valence-electron chi connectivity index (χ3n) is 3.97. The molecule has 3 heteroatoms. The third kappa shape index (κ3) is 2.19. The fourth-order valence-electron chi connectivity index (χ4n) is 2.49. The first-order valence-corrected chi connectivity index (χ1v) is 6.88. The van der Waals surface area contributed by atoms with Crippen LogP contribution in [0.2, 0.25) is 0 Å². The summed E-state index contributed by atoms with van der Waals surface area (Å²) in [6, 6.07) is 8.13. The van der Waals surface area contributed by atoms with Crippen molar-refractivity contribution >= 4 is 21.6 Å². The van der Waals surface area contributed by atoms with Crippen molar-refractivity contribution in [2.75, 3.05) is 18.0 Å². The molecule has 1 fully saturated rings. The highest BCUT2D eigenvalue weighted by Crippen LogP contribution is 2.41. The Balaban J connectivity index is 2.21. The van der Waals surface area contributed by atoms with Gasteiger partial charge in [-0.1, -0.05) is 29.8 Å². The number of hydrogen-bond acceptors (Lipinski definition) is 2. The van der Waals surface area contributed by atoms with Crippen LogP contribution in [0.15, 0.2) is 22.7 Å². The van der Waals surface area contributed by atoms with Gasteiger partial charge in [-0.2, -0.15) is 5.26 Å². The van der Waals surface area contributed by atoms with E-state index in [9.17, 15) is 0 Å². The van der Waals surface area contributed by atoms with E-state index in [4.69, 9.17) is 5.26 Å². The Morgan fingerprint density at radius 3 is 2.53 bits per heavy atom. The lowest BCUT2D eigenvalue weighted by atomic mass is 9.75. The van der Waals surface area contributed by atoms with Gasteiger partial charge in [-0.25, -0.2) is 0 Å². The average Bonchev–Trinajstić information content (AvgIpc) is 2.29. The number of hydrogen-bond donors (Lipinski definition) is 0. The highest BCUT2D eigenvalue weighted by atomic mass is 79.9. The molecule has 2 nitrogen and oxygen atoms in total. The second kappa shape index (κ2) is 4.70. The molecular weight excluding hydrogens is 276 g/mol.